The zero-order chi connectivity index (χ0) is 20.4. The minimum atomic E-state index is -3.76. The van der Waals surface area contributed by atoms with Crippen LogP contribution in [0.5, 0.6) is 0 Å². The summed E-state index contributed by atoms with van der Waals surface area (Å²) >= 11 is 3.35. The van der Waals surface area contributed by atoms with Crippen molar-refractivity contribution >= 4 is 37.7 Å². The summed E-state index contributed by atoms with van der Waals surface area (Å²) in [6, 6.07) is 6.46. The van der Waals surface area contributed by atoms with Crippen LogP contribution >= 0.6 is 15.9 Å². The van der Waals surface area contributed by atoms with Crippen LogP contribution in [0.1, 0.15) is 25.3 Å². The van der Waals surface area contributed by atoms with Crippen molar-refractivity contribution in [2.24, 2.45) is 5.41 Å². The number of benzene rings is 1. The smallest absolute Gasteiger partial charge is 0.323 e. The fraction of sp³-hybridized carbons (Fsp3) is 0.368. The molecule has 0 N–H and O–H groups in total. The van der Waals surface area contributed by atoms with E-state index < -0.39 is 27.2 Å². The Labute approximate surface area is 167 Å². The number of sulfone groups is 1. The van der Waals surface area contributed by atoms with Crippen molar-refractivity contribution in [1.29, 1.82) is 0 Å². The number of aryl methyl sites for hydroxylation is 1. The Bertz CT molecular complexity index is 905. The van der Waals surface area contributed by atoms with Gasteiger partial charge in [0.25, 0.3) is 0 Å². The molecule has 0 atom stereocenters. The zero-order valence-corrected chi connectivity index (χ0v) is 17.9. The summed E-state index contributed by atoms with van der Waals surface area (Å²) < 4.78 is 35.9. The van der Waals surface area contributed by atoms with Crippen LogP contribution in [0.4, 0.5) is 0 Å². The Balaban J connectivity index is 2.59. The average Bonchev–Trinajstić information content (AvgIpc) is 3.00. The number of hydrogen-bond donors (Lipinski definition) is 0. The lowest BCUT2D eigenvalue weighted by molar-refractivity contribution is -0.168. The summed E-state index contributed by atoms with van der Waals surface area (Å²) in [5.41, 5.74) is 0.291. The molecule has 1 fully saturated rings. The van der Waals surface area contributed by atoms with Gasteiger partial charge in [-0.05, 0) is 41.6 Å². The highest BCUT2D eigenvalue weighted by molar-refractivity contribution is 9.11. The molecule has 0 aliphatic heterocycles. The Morgan fingerprint density at radius 2 is 1.59 bits per heavy atom. The summed E-state index contributed by atoms with van der Waals surface area (Å²) in [4.78, 5) is 24.9. The van der Waals surface area contributed by atoms with E-state index in [2.05, 4.69) is 15.9 Å². The lowest BCUT2D eigenvalue weighted by Crippen LogP contribution is -2.38. The van der Waals surface area contributed by atoms with E-state index in [9.17, 15) is 18.0 Å². The summed E-state index contributed by atoms with van der Waals surface area (Å²) in [6.07, 6.45) is -0.117. The van der Waals surface area contributed by atoms with E-state index in [0.29, 0.717) is 15.6 Å². The number of methoxy groups -OCH3 is 2. The highest BCUT2D eigenvalue weighted by Gasteiger charge is 2.54. The van der Waals surface area contributed by atoms with Gasteiger partial charge in [-0.25, -0.2) is 8.42 Å². The van der Waals surface area contributed by atoms with Gasteiger partial charge in [-0.15, -0.1) is 0 Å². The molecule has 27 heavy (non-hydrogen) atoms. The van der Waals surface area contributed by atoms with E-state index in [1.54, 1.807) is 19.1 Å². The van der Waals surface area contributed by atoms with E-state index in [4.69, 9.17) is 9.47 Å². The van der Waals surface area contributed by atoms with Gasteiger partial charge in [-0.1, -0.05) is 33.6 Å². The molecular weight excluding hydrogens is 436 g/mol. The van der Waals surface area contributed by atoms with Gasteiger partial charge >= 0.3 is 11.9 Å². The van der Waals surface area contributed by atoms with Gasteiger partial charge in [0, 0.05) is 18.2 Å². The van der Waals surface area contributed by atoms with Crippen molar-refractivity contribution in [3.63, 3.8) is 0 Å². The third-order valence-corrected chi connectivity index (χ3v) is 6.58. The van der Waals surface area contributed by atoms with Crippen LogP contribution in [0.2, 0.25) is 0 Å². The number of esters is 2. The quantitative estimate of drug-likeness (QED) is 0.509. The highest BCUT2D eigenvalue weighted by atomic mass is 79.9. The lowest BCUT2D eigenvalue weighted by Gasteiger charge is -2.21. The van der Waals surface area contributed by atoms with E-state index >= 15 is 0 Å². The molecule has 0 spiro atoms. The minimum Gasteiger partial charge on any atom is -0.468 e. The van der Waals surface area contributed by atoms with Crippen LogP contribution in [0, 0.1) is 12.3 Å². The lowest BCUT2D eigenvalue weighted by atomic mass is 9.86. The number of carbonyl (C=O) groups excluding carboxylic acids is 2. The topological polar surface area (TPSA) is 86.7 Å². The van der Waals surface area contributed by atoms with Crippen LogP contribution in [-0.4, -0.2) is 34.6 Å². The molecule has 1 aliphatic rings. The van der Waals surface area contributed by atoms with Gasteiger partial charge < -0.3 is 9.47 Å². The molecular formula is C19H21BrO6S. The number of ether oxygens (including phenoxy) is 2. The van der Waals surface area contributed by atoms with E-state index in [1.165, 1.54) is 26.4 Å². The monoisotopic (exact) mass is 456 g/mol. The van der Waals surface area contributed by atoms with Crippen molar-refractivity contribution in [3.05, 3.63) is 50.9 Å². The second kappa shape index (κ2) is 7.98. The van der Waals surface area contributed by atoms with Crippen molar-refractivity contribution < 1.29 is 27.5 Å². The van der Waals surface area contributed by atoms with Crippen LogP contribution in [0.3, 0.4) is 0 Å². The fourth-order valence-corrected chi connectivity index (χ4v) is 4.76. The van der Waals surface area contributed by atoms with E-state index in [1.807, 2.05) is 6.92 Å². The standard InChI is InChI=1S/C19H21BrO6S/c1-12-5-7-15(8-6-12)27(23,24)11-14-9-19(17(21)25-3,18(22)26-4)10-16(14)13(2)20/h5-8,11H,9-10H2,1-4H3/b14-11+,16-13+. The summed E-state index contributed by atoms with van der Waals surface area (Å²) in [6.45, 7) is 3.59. The first-order valence-corrected chi connectivity index (χ1v) is 10.5. The third-order valence-electron chi connectivity index (χ3n) is 4.57. The summed E-state index contributed by atoms with van der Waals surface area (Å²) in [7, 11) is -1.40. The molecule has 1 aliphatic carbocycles. The maximum absolute atomic E-state index is 12.8. The number of hydrogen-bond acceptors (Lipinski definition) is 6. The summed E-state index contributed by atoms with van der Waals surface area (Å²) in [5.74, 6) is -1.51. The van der Waals surface area contributed by atoms with Crippen LogP contribution in [-0.2, 0) is 28.9 Å². The number of halogens is 1. The Morgan fingerprint density at radius 1 is 1.07 bits per heavy atom. The average molecular weight is 457 g/mol. The minimum absolute atomic E-state index is 0.00131. The third kappa shape index (κ3) is 4.16. The summed E-state index contributed by atoms with van der Waals surface area (Å²) in [5, 5.41) is 1.12. The molecule has 0 bridgehead atoms. The second-order valence-corrected chi connectivity index (χ2v) is 9.42. The first kappa shape index (κ1) is 21.4. The highest BCUT2D eigenvalue weighted by Crippen LogP contribution is 2.49. The number of allylic oxidation sites excluding steroid dienone is 3. The van der Waals surface area contributed by atoms with Gasteiger partial charge in [0.15, 0.2) is 15.3 Å². The van der Waals surface area contributed by atoms with Crippen molar-refractivity contribution in [2.75, 3.05) is 14.2 Å². The van der Waals surface area contributed by atoms with Gasteiger partial charge in [0.1, 0.15) is 0 Å². The molecule has 0 aromatic heterocycles. The van der Waals surface area contributed by atoms with Crippen molar-refractivity contribution in [2.45, 2.75) is 31.6 Å². The van der Waals surface area contributed by atoms with E-state index in [0.717, 1.165) is 11.0 Å². The molecule has 0 saturated heterocycles. The Hall–Kier alpha value is -1.93. The molecule has 146 valence electrons. The maximum atomic E-state index is 12.8. The van der Waals surface area contributed by atoms with Gasteiger partial charge in [0.2, 0.25) is 0 Å². The molecule has 0 unspecified atom stereocenters. The van der Waals surface area contributed by atoms with Crippen LogP contribution < -0.4 is 0 Å². The molecule has 2 rings (SSSR count). The van der Waals surface area contributed by atoms with Gasteiger partial charge in [-0.3, -0.25) is 9.59 Å². The number of rotatable bonds is 4. The molecule has 1 aromatic carbocycles. The van der Waals surface area contributed by atoms with Gasteiger partial charge in [-0.2, -0.15) is 0 Å². The SMILES string of the molecule is COC(=O)C1(C(=O)OC)CC(=C\S(=O)(=O)c2ccc(C)cc2)/C(=C(\C)Br)C1. The molecule has 8 heteroatoms. The molecule has 0 amide bonds. The second-order valence-electron chi connectivity index (χ2n) is 6.43. The predicted molar refractivity (Wildman–Crippen MR) is 104 cm³/mol. The Morgan fingerprint density at radius 3 is 2.04 bits per heavy atom. The van der Waals surface area contributed by atoms with Crippen molar-refractivity contribution in [3.8, 4) is 0 Å². The molecule has 1 aromatic rings. The molecule has 1 saturated carbocycles. The Kier molecular flexibility index (Phi) is 6.32. The van der Waals surface area contributed by atoms with Gasteiger partial charge in [0.05, 0.1) is 19.1 Å². The normalized spacial score (nSPS) is 19.7. The maximum Gasteiger partial charge on any atom is 0.323 e. The fourth-order valence-electron chi connectivity index (χ4n) is 3.11. The van der Waals surface area contributed by atoms with E-state index in [-0.39, 0.29) is 17.7 Å². The largest absolute Gasteiger partial charge is 0.468 e. The molecule has 6 nitrogen and oxygen atoms in total. The van der Waals surface area contributed by atoms with Crippen LogP contribution in [0.25, 0.3) is 0 Å². The van der Waals surface area contributed by atoms with Crippen molar-refractivity contribution in [1.82, 2.24) is 0 Å². The number of carbonyl (C=O) groups is 2. The first-order valence-electron chi connectivity index (χ1n) is 8.12. The molecule has 0 radical (unpaired) electrons. The zero-order valence-electron chi connectivity index (χ0n) is 15.5. The molecule has 0 heterocycles. The first-order chi connectivity index (χ1) is 12.6. The van der Waals surface area contributed by atoms with Crippen LogP contribution in [0.15, 0.2) is 50.2 Å². The predicted octanol–water partition coefficient (Wildman–Crippen LogP) is 3.45.